The summed E-state index contributed by atoms with van der Waals surface area (Å²) < 4.78 is 10.5. The quantitative estimate of drug-likeness (QED) is 0.717. The minimum Gasteiger partial charge on any atom is -0.493 e. The number of aromatic nitrogens is 1. The monoisotopic (exact) mass is 378 g/mol. The molecule has 140 valence electrons. The van der Waals surface area contributed by atoms with Crippen LogP contribution in [-0.4, -0.2) is 44.6 Å². The minimum atomic E-state index is -0.569. The Balaban J connectivity index is 2.04. The van der Waals surface area contributed by atoms with Crippen LogP contribution in [0.15, 0.2) is 18.2 Å². The largest absolute Gasteiger partial charge is 0.493 e. The van der Waals surface area contributed by atoms with Gasteiger partial charge in [0.2, 0.25) is 0 Å². The molecule has 2 rings (SSSR count). The van der Waals surface area contributed by atoms with Gasteiger partial charge in [0, 0.05) is 20.6 Å². The van der Waals surface area contributed by atoms with Gasteiger partial charge in [-0.25, -0.2) is 4.98 Å². The third kappa shape index (κ3) is 4.85. The number of carbonyl (C=O) groups excluding carboxylic acids is 2. The van der Waals surface area contributed by atoms with Crippen LogP contribution in [0.3, 0.4) is 0 Å². The van der Waals surface area contributed by atoms with Crippen LogP contribution in [0, 0.1) is 6.92 Å². The van der Waals surface area contributed by atoms with Crippen LogP contribution in [0.5, 0.6) is 11.5 Å². The predicted octanol–water partition coefficient (Wildman–Crippen LogP) is 1.32. The number of nitrogens with two attached hydrogens (primary N) is 1. The number of anilines is 1. The first-order chi connectivity index (χ1) is 12.3. The number of rotatable bonds is 8. The van der Waals surface area contributed by atoms with Crippen molar-refractivity contribution < 1.29 is 19.1 Å². The summed E-state index contributed by atoms with van der Waals surface area (Å²) in [5.74, 6) is 0.124. The summed E-state index contributed by atoms with van der Waals surface area (Å²) in [6.45, 7) is 1.90. The highest BCUT2D eigenvalue weighted by Gasteiger charge is 2.16. The standard InChI is InChI=1S/C17H22N4O4S/c1-10-15(26-17(20-10)21(2)3)16(23)19-8-11-5-6-12(13(7-11)24-4)25-9-14(18)22/h5-7H,8-9H2,1-4H3,(H2,18,22)(H,19,23). The molecule has 0 unspecified atom stereocenters. The summed E-state index contributed by atoms with van der Waals surface area (Å²) in [7, 11) is 5.26. The number of thiazole rings is 1. The average Bonchev–Trinajstić information content (AvgIpc) is 3.00. The van der Waals surface area contributed by atoms with Crippen molar-refractivity contribution in [2.45, 2.75) is 13.5 Å². The summed E-state index contributed by atoms with van der Waals surface area (Å²) in [4.78, 5) is 30.1. The van der Waals surface area contributed by atoms with E-state index in [-0.39, 0.29) is 12.5 Å². The molecule has 1 aromatic carbocycles. The van der Waals surface area contributed by atoms with E-state index in [4.69, 9.17) is 15.2 Å². The Bertz CT molecular complexity index is 804. The van der Waals surface area contributed by atoms with E-state index in [0.29, 0.717) is 28.6 Å². The van der Waals surface area contributed by atoms with Crippen molar-refractivity contribution in [1.29, 1.82) is 0 Å². The topological polar surface area (TPSA) is 107 Å². The van der Waals surface area contributed by atoms with E-state index in [0.717, 1.165) is 10.7 Å². The van der Waals surface area contributed by atoms with Gasteiger partial charge in [-0.2, -0.15) is 0 Å². The van der Waals surface area contributed by atoms with Gasteiger partial charge in [0.1, 0.15) is 4.88 Å². The molecule has 0 aliphatic heterocycles. The molecule has 0 aliphatic carbocycles. The normalized spacial score (nSPS) is 10.3. The summed E-state index contributed by atoms with van der Waals surface area (Å²) in [6.07, 6.45) is 0. The summed E-state index contributed by atoms with van der Waals surface area (Å²) in [5.41, 5.74) is 6.60. The number of amides is 2. The predicted molar refractivity (Wildman–Crippen MR) is 100 cm³/mol. The highest BCUT2D eigenvalue weighted by Crippen LogP contribution is 2.28. The smallest absolute Gasteiger partial charge is 0.263 e. The van der Waals surface area contributed by atoms with Gasteiger partial charge < -0.3 is 25.4 Å². The molecule has 0 spiro atoms. The highest BCUT2D eigenvalue weighted by atomic mass is 32.1. The van der Waals surface area contributed by atoms with Crippen molar-refractivity contribution in [2.24, 2.45) is 5.73 Å². The van der Waals surface area contributed by atoms with E-state index >= 15 is 0 Å². The number of benzene rings is 1. The third-order valence-electron chi connectivity index (χ3n) is 3.43. The molecule has 0 saturated carbocycles. The fraction of sp³-hybridized carbons (Fsp3) is 0.353. The van der Waals surface area contributed by atoms with Crippen LogP contribution in [-0.2, 0) is 11.3 Å². The second kappa shape index (κ2) is 8.52. The number of nitrogens with zero attached hydrogens (tertiary/aromatic N) is 2. The van der Waals surface area contributed by atoms with Crippen LogP contribution in [0.2, 0.25) is 0 Å². The molecule has 8 nitrogen and oxygen atoms in total. The SMILES string of the molecule is COc1cc(CNC(=O)c2sc(N(C)C)nc2C)ccc1OCC(N)=O. The third-order valence-corrected chi connectivity index (χ3v) is 4.75. The van der Waals surface area contributed by atoms with Gasteiger partial charge in [-0.3, -0.25) is 9.59 Å². The number of hydrogen-bond donors (Lipinski definition) is 2. The molecule has 0 saturated heterocycles. The highest BCUT2D eigenvalue weighted by molar-refractivity contribution is 7.17. The van der Waals surface area contributed by atoms with Crippen molar-refractivity contribution in [3.8, 4) is 11.5 Å². The van der Waals surface area contributed by atoms with E-state index in [1.165, 1.54) is 18.4 Å². The Morgan fingerprint density at radius 1 is 1.31 bits per heavy atom. The molecule has 1 aromatic heterocycles. The maximum atomic E-state index is 12.4. The molecule has 9 heteroatoms. The summed E-state index contributed by atoms with van der Waals surface area (Å²) >= 11 is 1.34. The zero-order valence-corrected chi connectivity index (χ0v) is 16.0. The molecular formula is C17H22N4O4S. The van der Waals surface area contributed by atoms with E-state index in [9.17, 15) is 9.59 Å². The molecule has 0 aliphatic rings. The molecule has 26 heavy (non-hydrogen) atoms. The van der Waals surface area contributed by atoms with Gasteiger partial charge >= 0.3 is 0 Å². The Labute approximate surface area is 155 Å². The molecule has 0 atom stereocenters. The number of aryl methyl sites for hydroxylation is 1. The number of nitrogens with one attached hydrogen (secondary N) is 1. The number of methoxy groups -OCH3 is 1. The Morgan fingerprint density at radius 3 is 2.62 bits per heavy atom. The van der Waals surface area contributed by atoms with Crippen molar-refractivity contribution >= 4 is 28.3 Å². The zero-order valence-electron chi connectivity index (χ0n) is 15.2. The average molecular weight is 378 g/mol. The van der Waals surface area contributed by atoms with Crippen LogP contribution in [0.4, 0.5) is 5.13 Å². The Morgan fingerprint density at radius 2 is 2.04 bits per heavy atom. The molecular weight excluding hydrogens is 356 g/mol. The van der Waals surface area contributed by atoms with Crippen molar-refractivity contribution in [3.05, 3.63) is 34.3 Å². The van der Waals surface area contributed by atoms with Gasteiger partial charge in [0.15, 0.2) is 23.2 Å². The lowest BCUT2D eigenvalue weighted by atomic mass is 10.2. The van der Waals surface area contributed by atoms with Crippen LogP contribution >= 0.6 is 11.3 Å². The number of primary amides is 1. The zero-order chi connectivity index (χ0) is 19.3. The Kier molecular flexibility index (Phi) is 6.40. The van der Waals surface area contributed by atoms with Crippen LogP contribution in [0.25, 0.3) is 0 Å². The maximum Gasteiger partial charge on any atom is 0.263 e. The second-order valence-corrected chi connectivity index (χ2v) is 6.71. The number of hydrogen-bond acceptors (Lipinski definition) is 7. The lowest BCUT2D eigenvalue weighted by Crippen LogP contribution is -2.22. The van der Waals surface area contributed by atoms with Gasteiger partial charge in [0.25, 0.3) is 11.8 Å². The van der Waals surface area contributed by atoms with Gasteiger partial charge in [-0.15, -0.1) is 0 Å². The number of carbonyl (C=O) groups is 2. The van der Waals surface area contributed by atoms with E-state index in [2.05, 4.69) is 10.3 Å². The molecule has 2 aromatic rings. The summed E-state index contributed by atoms with van der Waals surface area (Å²) in [5, 5.41) is 3.65. The van der Waals surface area contributed by atoms with Crippen molar-refractivity contribution in [2.75, 3.05) is 32.7 Å². The lowest BCUT2D eigenvalue weighted by Gasteiger charge is -2.11. The second-order valence-electron chi connectivity index (χ2n) is 5.73. The van der Waals surface area contributed by atoms with Gasteiger partial charge in [-0.05, 0) is 24.6 Å². The van der Waals surface area contributed by atoms with E-state index in [1.54, 1.807) is 18.2 Å². The first-order valence-corrected chi connectivity index (χ1v) is 8.64. The molecule has 3 N–H and O–H groups in total. The van der Waals surface area contributed by atoms with Crippen molar-refractivity contribution in [3.63, 3.8) is 0 Å². The number of ether oxygens (including phenoxy) is 2. The van der Waals surface area contributed by atoms with Gasteiger partial charge in [-0.1, -0.05) is 17.4 Å². The molecule has 2 amide bonds. The van der Waals surface area contributed by atoms with E-state index < -0.39 is 5.91 Å². The Hall–Kier alpha value is -2.81. The molecule has 1 heterocycles. The first-order valence-electron chi connectivity index (χ1n) is 7.82. The fourth-order valence-corrected chi connectivity index (χ4v) is 3.04. The summed E-state index contributed by atoms with van der Waals surface area (Å²) in [6, 6.07) is 5.19. The van der Waals surface area contributed by atoms with Crippen molar-refractivity contribution in [1.82, 2.24) is 10.3 Å². The molecule has 0 fully saturated rings. The van der Waals surface area contributed by atoms with E-state index in [1.807, 2.05) is 25.9 Å². The lowest BCUT2D eigenvalue weighted by molar-refractivity contribution is -0.119. The fourth-order valence-electron chi connectivity index (χ4n) is 2.14. The first kappa shape index (κ1) is 19.5. The molecule has 0 radical (unpaired) electrons. The minimum absolute atomic E-state index is 0.180. The van der Waals surface area contributed by atoms with Crippen LogP contribution in [0.1, 0.15) is 20.9 Å². The van der Waals surface area contributed by atoms with Crippen LogP contribution < -0.4 is 25.4 Å². The van der Waals surface area contributed by atoms with Gasteiger partial charge in [0.05, 0.1) is 12.8 Å². The molecule has 0 bridgehead atoms. The maximum absolute atomic E-state index is 12.4.